The van der Waals surface area contributed by atoms with Crippen LogP contribution in [0, 0.1) is 13.8 Å². The Balaban J connectivity index is 1.80. The van der Waals surface area contributed by atoms with Crippen LogP contribution < -0.4 is 0 Å². The highest BCUT2D eigenvalue weighted by molar-refractivity contribution is 6.46. The zero-order chi connectivity index (χ0) is 25.3. The molecule has 35 heavy (non-hydrogen) atoms. The Kier molecular flexibility index (Phi) is 6.42. The van der Waals surface area contributed by atoms with Crippen LogP contribution in [-0.2, 0) is 20.9 Å². The Bertz CT molecular complexity index is 1340. The number of benzene rings is 3. The predicted octanol–water partition coefficient (Wildman–Crippen LogP) is 4.42. The van der Waals surface area contributed by atoms with Crippen molar-refractivity contribution in [1.82, 2.24) is 4.90 Å². The molecule has 1 heterocycles. The number of aliphatic hydroxyl groups is 1. The number of methoxy groups -OCH3 is 1. The number of hydrogen-bond donors (Lipinski definition) is 2. The highest BCUT2D eigenvalue weighted by Crippen LogP contribution is 2.40. The number of aromatic hydroxyl groups is 1. The Morgan fingerprint density at radius 1 is 0.914 bits per heavy atom. The number of carbonyl (C=O) groups is 3. The smallest absolute Gasteiger partial charge is 0.337 e. The summed E-state index contributed by atoms with van der Waals surface area (Å²) in [6.07, 6.45) is 0. The molecule has 0 bridgehead atoms. The van der Waals surface area contributed by atoms with E-state index < -0.39 is 23.7 Å². The summed E-state index contributed by atoms with van der Waals surface area (Å²) in [5.74, 6) is -2.23. The number of likely N-dealkylation sites (tertiary alicyclic amines) is 1. The monoisotopic (exact) mass is 471 g/mol. The molecule has 7 heteroatoms. The zero-order valence-corrected chi connectivity index (χ0v) is 19.6. The standard InChI is InChI=1S/C28H25NO6/c1-16-4-7-21(14-17(16)2)25(31)23-24(19-10-12-22(30)13-11-19)29(27(33)26(23)32)15-18-5-8-20(9-6-18)28(34)35-3/h4-14,24,30-31H,15H2,1-3H3/b25-23-. The minimum Gasteiger partial charge on any atom is -0.508 e. The quantitative estimate of drug-likeness (QED) is 0.247. The molecule has 3 aromatic carbocycles. The Morgan fingerprint density at radius 2 is 1.54 bits per heavy atom. The van der Waals surface area contributed by atoms with Gasteiger partial charge in [0, 0.05) is 12.1 Å². The third-order valence-electron chi connectivity index (χ3n) is 6.26. The van der Waals surface area contributed by atoms with Gasteiger partial charge in [-0.05, 0) is 66.4 Å². The van der Waals surface area contributed by atoms with E-state index in [1.807, 2.05) is 19.9 Å². The second kappa shape index (κ2) is 9.46. The molecular formula is C28H25NO6. The van der Waals surface area contributed by atoms with Gasteiger partial charge in [0.05, 0.1) is 24.3 Å². The van der Waals surface area contributed by atoms with Crippen LogP contribution in [0.4, 0.5) is 0 Å². The maximum Gasteiger partial charge on any atom is 0.337 e. The van der Waals surface area contributed by atoms with Gasteiger partial charge < -0.3 is 19.8 Å². The fraction of sp³-hybridized carbons (Fsp3) is 0.179. The van der Waals surface area contributed by atoms with Crippen LogP contribution >= 0.6 is 0 Å². The van der Waals surface area contributed by atoms with Crippen molar-refractivity contribution < 1.29 is 29.3 Å². The molecule has 4 rings (SSSR count). The third kappa shape index (κ3) is 4.53. The van der Waals surface area contributed by atoms with Gasteiger partial charge in [0.1, 0.15) is 11.5 Å². The fourth-order valence-electron chi connectivity index (χ4n) is 4.15. The molecule has 1 saturated heterocycles. The van der Waals surface area contributed by atoms with Crippen molar-refractivity contribution in [2.45, 2.75) is 26.4 Å². The summed E-state index contributed by atoms with van der Waals surface area (Å²) in [5.41, 5.74) is 4.02. The first-order valence-electron chi connectivity index (χ1n) is 11.0. The van der Waals surface area contributed by atoms with Crippen LogP contribution in [0.2, 0.25) is 0 Å². The summed E-state index contributed by atoms with van der Waals surface area (Å²) in [4.78, 5) is 39.5. The minimum absolute atomic E-state index is 0.0184. The molecule has 178 valence electrons. The lowest BCUT2D eigenvalue weighted by atomic mass is 9.94. The van der Waals surface area contributed by atoms with Crippen molar-refractivity contribution in [3.63, 3.8) is 0 Å². The van der Waals surface area contributed by atoms with Gasteiger partial charge in [-0.25, -0.2) is 4.79 Å². The molecule has 7 nitrogen and oxygen atoms in total. The van der Waals surface area contributed by atoms with Crippen molar-refractivity contribution in [1.29, 1.82) is 0 Å². The first kappa shape index (κ1) is 23.8. The van der Waals surface area contributed by atoms with Gasteiger partial charge in [-0.15, -0.1) is 0 Å². The average molecular weight is 472 g/mol. The molecule has 1 aliphatic heterocycles. The van der Waals surface area contributed by atoms with E-state index in [1.165, 1.54) is 24.1 Å². The van der Waals surface area contributed by atoms with Gasteiger partial charge in [0.2, 0.25) is 0 Å². The average Bonchev–Trinajstić information content (AvgIpc) is 3.10. The summed E-state index contributed by atoms with van der Waals surface area (Å²) in [7, 11) is 1.29. The molecule has 1 fully saturated rings. The second-order valence-electron chi connectivity index (χ2n) is 8.51. The second-order valence-corrected chi connectivity index (χ2v) is 8.51. The molecule has 1 unspecified atom stereocenters. The number of Topliss-reactive ketones (excluding diaryl/α,β-unsaturated/α-hetero) is 1. The van der Waals surface area contributed by atoms with Crippen molar-refractivity contribution in [3.8, 4) is 5.75 Å². The van der Waals surface area contributed by atoms with Gasteiger partial charge in [-0.1, -0.05) is 36.4 Å². The van der Waals surface area contributed by atoms with E-state index in [0.29, 0.717) is 22.3 Å². The number of esters is 1. The number of rotatable bonds is 5. The van der Waals surface area contributed by atoms with Crippen LogP contribution in [0.5, 0.6) is 5.75 Å². The molecule has 1 amide bonds. The van der Waals surface area contributed by atoms with Gasteiger partial charge in [-0.3, -0.25) is 9.59 Å². The summed E-state index contributed by atoms with van der Waals surface area (Å²) < 4.78 is 4.72. The van der Waals surface area contributed by atoms with Gasteiger partial charge in [0.25, 0.3) is 11.7 Å². The maximum atomic E-state index is 13.2. The van der Waals surface area contributed by atoms with Crippen LogP contribution in [-0.4, -0.2) is 39.9 Å². The number of carbonyl (C=O) groups excluding carboxylic acids is 3. The molecule has 0 saturated carbocycles. The number of ether oxygens (including phenoxy) is 1. The minimum atomic E-state index is -0.863. The highest BCUT2D eigenvalue weighted by Gasteiger charge is 2.46. The van der Waals surface area contributed by atoms with Crippen LogP contribution in [0.1, 0.15) is 44.2 Å². The van der Waals surface area contributed by atoms with Crippen molar-refractivity contribution >= 4 is 23.4 Å². The summed E-state index contributed by atoms with van der Waals surface area (Å²) >= 11 is 0. The SMILES string of the molecule is COC(=O)c1ccc(CN2C(=O)C(=O)/C(=C(\O)c3ccc(C)c(C)c3)C2c2ccc(O)cc2)cc1. The molecule has 2 N–H and O–H groups in total. The van der Waals surface area contributed by atoms with Crippen LogP contribution in [0.3, 0.4) is 0 Å². The zero-order valence-electron chi connectivity index (χ0n) is 19.6. The Labute approximate surface area is 202 Å². The van der Waals surface area contributed by atoms with E-state index in [-0.39, 0.29) is 23.6 Å². The lowest BCUT2D eigenvalue weighted by Gasteiger charge is -2.25. The van der Waals surface area contributed by atoms with Gasteiger partial charge in [-0.2, -0.15) is 0 Å². The normalized spacial score (nSPS) is 17.0. The van der Waals surface area contributed by atoms with Crippen molar-refractivity contribution in [3.05, 3.63) is 106 Å². The lowest BCUT2D eigenvalue weighted by Crippen LogP contribution is -2.29. The molecule has 3 aromatic rings. The first-order valence-corrected chi connectivity index (χ1v) is 11.0. The molecule has 1 atom stereocenters. The van der Waals surface area contributed by atoms with E-state index in [4.69, 9.17) is 4.74 Å². The molecule has 1 aliphatic rings. The van der Waals surface area contributed by atoms with Crippen molar-refractivity contribution in [2.75, 3.05) is 7.11 Å². The number of hydrogen-bond acceptors (Lipinski definition) is 6. The largest absolute Gasteiger partial charge is 0.508 e. The van der Waals surface area contributed by atoms with E-state index in [2.05, 4.69) is 0 Å². The summed E-state index contributed by atoms with van der Waals surface area (Å²) in [5, 5.41) is 21.0. The van der Waals surface area contributed by atoms with E-state index >= 15 is 0 Å². The number of amides is 1. The van der Waals surface area contributed by atoms with Crippen LogP contribution in [0.25, 0.3) is 5.76 Å². The topological polar surface area (TPSA) is 104 Å². The summed E-state index contributed by atoms with van der Waals surface area (Å²) in [6.45, 7) is 3.92. The molecule has 0 spiro atoms. The lowest BCUT2D eigenvalue weighted by molar-refractivity contribution is -0.140. The van der Waals surface area contributed by atoms with Gasteiger partial charge in [0.15, 0.2) is 0 Å². The fourth-order valence-corrected chi connectivity index (χ4v) is 4.15. The number of phenolic OH excluding ortho intramolecular Hbond substituents is 1. The van der Waals surface area contributed by atoms with Crippen LogP contribution in [0.15, 0.2) is 72.3 Å². The summed E-state index contributed by atoms with van der Waals surface area (Å²) in [6, 6.07) is 17.2. The maximum absolute atomic E-state index is 13.2. The first-order chi connectivity index (χ1) is 16.7. The number of nitrogens with zero attached hydrogens (tertiary/aromatic N) is 1. The number of ketones is 1. The predicted molar refractivity (Wildman–Crippen MR) is 130 cm³/mol. The van der Waals surface area contributed by atoms with E-state index in [0.717, 1.165) is 11.1 Å². The van der Waals surface area contributed by atoms with Crippen molar-refractivity contribution in [2.24, 2.45) is 0 Å². The highest BCUT2D eigenvalue weighted by atomic mass is 16.5. The molecule has 0 aliphatic carbocycles. The van der Waals surface area contributed by atoms with Gasteiger partial charge >= 0.3 is 5.97 Å². The molecule has 0 radical (unpaired) electrons. The number of aliphatic hydroxyl groups excluding tert-OH is 1. The molecule has 0 aromatic heterocycles. The number of aryl methyl sites for hydroxylation is 2. The Hall–Kier alpha value is -4.39. The van der Waals surface area contributed by atoms with E-state index in [1.54, 1.807) is 48.5 Å². The Morgan fingerprint density at radius 3 is 2.14 bits per heavy atom. The van der Waals surface area contributed by atoms with E-state index in [9.17, 15) is 24.6 Å². The third-order valence-corrected chi connectivity index (χ3v) is 6.26. The molecular weight excluding hydrogens is 446 g/mol. The number of phenols is 1.